The van der Waals surface area contributed by atoms with E-state index in [0.717, 1.165) is 10.5 Å². The molecule has 1 aromatic carbocycles. The van der Waals surface area contributed by atoms with E-state index in [0.29, 0.717) is 25.8 Å². The van der Waals surface area contributed by atoms with E-state index >= 15 is 0 Å². The molecule has 0 aliphatic rings. The first-order valence-electron chi connectivity index (χ1n) is 16.9. The second-order valence-corrected chi connectivity index (χ2v) is 12.3. The number of carbonyl (C=O) groups excluding carboxylic acids is 6. The van der Waals surface area contributed by atoms with Crippen molar-refractivity contribution >= 4 is 41.2 Å². The van der Waals surface area contributed by atoms with Gasteiger partial charge in [-0.25, -0.2) is 0 Å². The zero-order valence-corrected chi connectivity index (χ0v) is 28.8. The Labute approximate surface area is 292 Å². The molecular weight excluding hydrogens is 652 g/mol. The summed E-state index contributed by atoms with van der Waals surface area (Å²) < 4.78 is 0. The minimum Gasteiger partial charge on any atom is -0.481 e. The average molecular weight is 707 g/mol. The molecule has 0 aliphatic heterocycles. The van der Waals surface area contributed by atoms with Crippen LogP contribution in [-0.4, -0.2) is 112 Å². The van der Waals surface area contributed by atoms with Gasteiger partial charge in [0.1, 0.15) is 6.04 Å². The van der Waals surface area contributed by atoms with Crippen LogP contribution in [0.15, 0.2) is 30.3 Å². The van der Waals surface area contributed by atoms with Gasteiger partial charge >= 0.3 is 5.97 Å². The van der Waals surface area contributed by atoms with Gasteiger partial charge in [-0.2, -0.15) is 0 Å². The van der Waals surface area contributed by atoms with Crippen LogP contribution in [-0.2, 0) is 40.0 Å². The number of hydrogen-bond donors (Lipinski definition) is 8. The molecule has 0 heterocycles. The van der Waals surface area contributed by atoms with Gasteiger partial charge in [0.15, 0.2) is 11.6 Å². The largest absolute Gasteiger partial charge is 0.481 e. The lowest BCUT2D eigenvalue weighted by Crippen LogP contribution is -2.52. The second-order valence-electron chi connectivity index (χ2n) is 12.3. The molecule has 16 nitrogen and oxygen atoms in total. The Bertz CT molecular complexity index is 1260. The molecule has 50 heavy (non-hydrogen) atoms. The second kappa shape index (κ2) is 24.0. The molecule has 1 rings (SSSR count). The first-order chi connectivity index (χ1) is 23.7. The molecule has 5 atom stereocenters. The lowest BCUT2D eigenvalue weighted by Gasteiger charge is -2.32. The number of Topliss-reactive ketones (excluding diaryl/α,β-unsaturated/α-hetero) is 2. The van der Waals surface area contributed by atoms with Crippen LogP contribution in [0.3, 0.4) is 0 Å². The molecular formula is C34H54N6O10. The maximum atomic E-state index is 13.1. The molecule has 5 unspecified atom stereocenters. The van der Waals surface area contributed by atoms with Crippen molar-refractivity contribution in [2.45, 2.75) is 102 Å². The van der Waals surface area contributed by atoms with E-state index in [1.54, 1.807) is 6.92 Å². The van der Waals surface area contributed by atoms with Gasteiger partial charge in [0, 0.05) is 44.8 Å². The quantitative estimate of drug-likeness (QED) is 0.0507. The van der Waals surface area contributed by atoms with Crippen molar-refractivity contribution in [3.63, 3.8) is 0 Å². The van der Waals surface area contributed by atoms with Gasteiger partial charge in [-0.1, -0.05) is 43.7 Å². The normalized spacial score (nSPS) is 14.0. The zero-order chi connectivity index (χ0) is 37.6. The molecule has 280 valence electrons. The lowest BCUT2D eigenvalue weighted by atomic mass is 9.93. The number of primary amides is 1. The van der Waals surface area contributed by atoms with E-state index in [-0.39, 0.29) is 63.2 Å². The molecule has 0 bridgehead atoms. The number of benzene rings is 1. The van der Waals surface area contributed by atoms with E-state index in [1.165, 1.54) is 0 Å². The molecule has 0 saturated carbocycles. The summed E-state index contributed by atoms with van der Waals surface area (Å²) in [4.78, 5) is 88.0. The predicted octanol–water partition coefficient (Wildman–Crippen LogP) is -1.09. The maximum absolute atomic E-state index is 13.1. The Hall–Kier alpha value is -4.25. The minimum atomic E-state index is -1.26. The Morgan fingerprint density at radius 1 is 0.860 bits per heavy atom. The van der Waals surface area contributed by atoms with Gasteiger partial charge in [-0.05, 0) is 37.7 Å². The van der Waals surface area contributed by atoms with Crippen LogP contribution in [0.25, 0.3) is 0 Å². The summed E-state index contributed by atoms with van der Waals surface area (Å²) in [5.74, 6) is -5.33. The molecule has 4 amide bonds. The van der Waals surface area contributed by atoms with E-state index in [2.05, 4.69) is 10.6 Å². The fourth-order valence-electron chi connectivity index (χ4n) is 5.23. The summed E-state index contributed by atoms with van der Waals surface area (Å²) in [7, 11) is 0. The first kappa shape index (κ1) is 43.8. The van der Waals surface area contributed by atoms with Crippen molar-refractivity contribution in [2.75, 3.05) is 26.3 Å². The monoisotopic (exact) mass is 706 g/mol. The number of nitrogens with one attached hydrogen (secondary N) is 2. The summed E-state index contributed by atoms with van der Waals surface area (Å²) in [6.07, 6.45) is 1.03. The Morgan fingerprint density at radius 2 is 1.52 bits per heavy atom. The molecule has 16 heteroatoms. The molecule has 0 aliphatic carbocycles. The Morgan fingerprint density at radius 3 is 2.10 bits per heavy atom. The number of carboxylic acid groups (broad SMARTS) is 1. The molecule has 0 fully saturated rings. The number of unbranched alkanes of at least 4 members (excludes halogenated alkanes) is 2. The van der Waals surface area contributed by atoms with Crippen molar-refractivity contribution in [3.05, 3.63) is 35.9 Å². The summed E-state index contributed by atoms with van der Waals surface area (Å²) in [6, 6.07) is 5.08. The molecule has 11 N–H and O–H groups in total. The van der Waals surface area contributed by atoms with Crippen LogP contribution in [0.5, 0.6) is 0 Å². The topological polar surface area (TPSA) is 286 Å². The van der Waals surface area contributed by atoms with Gasteiger partial charge in [0.25, 0.3) is 0 Å². The number of aliphatic hydroxyl groups is 2. The highest BCUT2D eigenvalue weighted by atomic mass is 16.4. The molecule has 0 radical (unpaired) electrons. The van der Waals surface area contributed by atoms with Crippen molar-refractivity contribution < 1.29 is 48.9 Å². The van der Waals surface area contributed by atoms with Gasteiger partial charge in [0.2, 0.25) is 23.6 Å². The Kier molecular flexibility index (Phi) is 21.0. The van der Waals surface area contributed by atoms with E-state index in [4.69, 9.17) is 17.2 Å². The number of aliphatic hydroxyl groups excluding tert-OH is 2. The summed E-state index contributed by atoms with van der Waals surface area (Å²) in [5.41, 5.74) is 17.5. The number of carbonyl (C=O) groups is 7. The molecule has 0 saturated heterocycles. The van der Waals surface area contributed by atoms with Crippen LogP contribution < -0.4 is 27.8 Å². The standard InChI is InChI=1S/C34H54N6O10/c1-2-32(47)40(19-24(35)20-41)27(18-30(37)45)29(44)14-12-23(34(49)50)13-15-31(46)38-16-8-4-7-11-28(43)26(39-33(48)25(36)21-42)17-22-9-5-3-6-10-22/h3,5-6,9-10,23-27,41-42H,2,4,7-8,11-21,35-36H2,1H3,(H2,37,45)(H,38,46)(H,39,48)(H,49,50). The van der Waals surface area contributed by atoms with Crippen LogP contribution in [0.4, 0.5) is 0 Å². The highest BCUT2D eigenvalue weighted by molar-refractivity contribution is 5.93. The third-order valence-electron chi connectivity index (χ3n) is 8.18. The average Bonchev–Trinajstić information content (AvgIpc) is 3.09. The highest BCUT2D eigenvalue weighted by Gasteiger charge is 2.32. The minimum absolute atomic E-state index is 0.00223. The summed E-state index contributed by atoms with van der Waals surface area (Å²) in [6.45, 7) is 0.642. The van der Waals surface area contributed by atoms with Crippen molar-refractivity contribution in [1.82, 2.24) is 15.5 Å². The fraction of sp³-hybridized carbons (Fsp3) is 0.618. The number of rotatable bonds is 27. The van der Waals surface area contributed by atoms with E-state index < -0.39 is 79.2 Å². The number of aliphatic carboxylic acids is 1. The smallest absolute Gasteiger partial charge is 0.306 e. The Balaban J connectivity index is 2.58. The first-order valence-corrected chi connectivity index (χ1v) is 16.9. The van der Waals surface area contributed by atoms with Gasteiger partial charge in [-0.15, -0.1) is 0 Å². The van der Waals surface area contributed by atoms with Crippen molar-refractivity contribution in [1.29, 1.82) is 0 Å². The van der Waals surface area contributed by atoms with Gasteiger partial charge in [-0.3, -0.25) is 33.6 Å². The van der Waals surface area contributed by atoms with E-state index in [9.17, 15) is 48.9 Å². The highest BCUT2D eigenvalue weighted by Crippen LogP contribution is 2.19. The number of ketones is 2. The third kappa shape index (κ3) is 16.9. The molecule has 0 aromatic heterocycles. The molecule has 0 spiro atoms. The number of nitrogens with zero attached hydrogens (tertiary/aromatic N) is 1. The van der Waals surface area contributed by atoms with Crippen LogP contribution >= 0.6 is 0 Å². The number of carboxylic acids is 1. The number of hydrogen-bond acceptors (Lipinski definition) is 11. The zero-order valence-electron chi connectivity index (χ0n) is 28.8. The number of nitrogens with two attached hydrogens (primary N) is 3. The number of amides is 4. The van der Waals surface area contributed by atoms with Crippen LogP contribution in [0.2, 0.25) is 0 Å². The fourth-order valence-corrected chi connectivity index (χ4v) is 5.23. The SMILES string of the molecule is CCC(=O)N(CC(N)CO)C(CC(N)=O)C(=O)CCC(CCC(=O)NCCCCCC(=O)C(Cc1ccccc1)NC(=O)C(N)CO)C(=O)O. The maximum Gasteiger partial charge on any atom is 0.306 e. The summed E-state index contributed by atoms with van der Waals surface area (Å²) >= 11 is 0. The van der Waals surface area contributed by atoms with Gasteiger partial charge in [0.05, 0.1) is 37.6 Å². The van der Waals surface area contributed by atoms with E-state index in [1.807, 2.05) is 30.3 Å². The third-order valence-corrected chi connectivity index (χ3v) is 8.18. The van der Waals surface area contributed by atoms with Crippen molar-refractivity contribution in [2.24, 2.45) is 23.1 Å². The van der Waals surface area contributed by atoms with Crippen LogP contribution in [0.1, 0.15) is 76.7 Å². The molecule has 1 aromatic rings. The van der Waals surface area contributed by atoms with Crippen molar-refractivity contribution in [3.8, 4) is 0 Å². The summed E-state index contributed by atoms with van der Waals surface area (Å²) in [5, 5.41) is 33.6. The lowest BCUT2D eigenvalue weighted by molar-refractivity contribution is -0.144. The van der Waals surface area contributed by atoms with Gasteiger partial charge < -0.3 is 48.1 Å². The van der Waals surface area contributed by atoms with Crippen LogP contribution in [0, 0.1) is 5.92 Å². The predicted molar refractivity (Wildman–Crippen MR) is 183 cm³/mol.